The maximum atomic E-state index is 12.8. The third-order valence-electron chi connectivity index (χ3n) is 4.42. The Morgan fingerprint density at radius 1 is 1.12 bits per heavy atom. The van der Waals surface area contributed by atoms with Crippen LogP contribution in [-0.2, 0) is 16.0 Å². The van der Waals surface area contributed by atoms with E-state index in [2.05, 4.69) is 11.4 Å². The van der Waals surface area contributed by atoms with Gasteiger partial charge in [-0.25, -0.2) is 0 Å². The fraction of sp³-hybridized carbons (Fsp3) is 0.300. The van der Waals surface area contributed by atoms with Crippen molar-refractivity contribution in [2.24, 2.45) is 0 Å². The topological polar surface area (TPSA) is 49.4 Å². The van der Waals surface area contributed by atoms with Gasteiger partial charge in [0.25, 0.3) is 0 Å². The first kappa shape index (κ1) is 16.2. The van der Waals surface area contributed by atoms with Gasteiger partial charge in [-0.3, -0.25) is 9.59 Å². The first-order valence-electron chi connectivity index (χ1n) is 8.26. The lowest BCUT2D eigenvalue weighted by molar-refractivity contribution is -0.121. The van der Waals surface area contributed by atoms with Crippen molar-refractivity contribution in [3.05, 3.63) is 65.2 Å². The van der Waals surface area contributed by atoms with E-state index >= 15 is 0 Å². The van der Waals surface area contributed by atoms with Crippen LogP contribution in [0, 0.1) is 6.92 Å². The SMILES string of the molecule is CC(=O)N[C@@H](CC(=O)N1CCc2ccccc21)c1ccc(C)cc1. The Labute approximate surface area is 142 Å². The Kier molecular flexibility index (Phi) is 4.65. The number of benzene rings is 2. The first-order valence-corrected chi connectivity index (χ1v) is 8.26. The number of hydrogen-bond donors (Lipinski definition) is 1. The first-order chi connectivity index (χ1) is 11.5. The summed E-state index contributed by atoms with van der Waals surface area (Å²) < 4.78 is 0. The highest BCUT2D eigenvalue weighted by Gasteiger charge is 2.27. The minimum absolute atomic E-state index is 0.0410. The minimum atomic E-state index is -0.302. The number of nitrogens with one attached hydrogen (secondary N) is 1. The summed E-state index contributed by atoms with van der Waals surface area (Å²) in [4.78, 5) is 26.2. The average molecular weight is 322 g/mol. The van der Waals surface area contributed by atoms with E-state index in [0.29, 0.717) is 6.54 Å². The maximum absolute atomic E-state index is 12.8. The van der Waals surface area contributed by atoms with Crippen LogP contribution >= 0.6 is 0 Å². The number of nitrogens with zero attached hydrogens (tertiary/aromatic N) is 1. The molecular formula is C20H22N2O2. The van der Waals surface area contributed by atoms with Crippen molar-refractivity contribution in [1.82, 2.24) is 5.32 Å². The summed E-state index contributed by atoms with van der Waals surface area (Å²) >= 11 is 0. The zero-order chi connectivity index (χ0) is 17.1. The quantitative estimate of drug-likeness (QED) is 0.940. The summed E-state index contributed by atoms with van der Waals surface area (Å²) in [5.74, 6) is -0.0885. The lowest BCUT2D eigenvalue weighted by Crippen LogP contribution is -2.35. The molecule has 1 aliphatic rings. The fourth-order valence-electron chi connectivity index (χ4n) is 3.18. The van der Waals surface area contributed by atoms with Crippen LogP contribution in [0.15, 0.2) is 48.5 Å². The molecule has 0 fully saturated rings. The minimum Gasteiger partial charge on any atom is -0.349 e. The van der Waals surface area contributed by atoms with E-state index in [4.69, 9.17) is 0 Å². The molecule has 0 aromatic heterocycles. The molecule has 24 heavy (non-hydrogen) atoms. The highest BCUT2D eigenvalue weighted by molar-refractivity contribution is 5.96. The van der Waals surface area contributed by atoms with Crippen molar-refractivity contribution in [3.63, 3.8) is 0 Å². The van der Waals surface area contributed by atoms with Crippen LogP contribution in [0.3, 0.4) is 0 Å². The number of carbonyl (C=O) groups is 2. The molecule has 2 aromatic rings. The summed E-state index contributed by atoms with van der Waals surface area (Å²) in [7, 11) is 0. The number of carbonyl (C=O) groups excluding carboxylic acids is 2. The average Bonchev–Trinajstić information content (AvgIpc) is 2.98. The largest absolute Gasteiger partial charge is 0.349 e. The van der Waals surface area contributed by atoms with Crippen molar-refractivity contribution >= 4 is 17.5 Å². The van der Waals surface area contributed by atoms with Crippen molar-refractivity contribution < 1.29 is 9.59 Å². The van der Waals surface area contributed by atoms with Gasteiger partial charge in [-0.15, -0.1) is 0 Å². The smallest absolute Gasteiger partial charge is 0.229 e. The van der Waals surface area contributed by atoms with Gasteiger partial charge in [0.2, 0.25) is 11.8 Å². The van der Waals surface area contributed by atoms with Crippen LogP contribution in [-0.4, -0.2) is 18.4 Å². The molecule has 2 aromatic carbocycles. The molecule has 1 heterocycles. The van der Waals surface area contributed by atoms with Gasteiger partial charge in [0.15, 0.2) is 0 Å². The molecule has 124 valence electrons. The van der Waals surface area contributed by atoms with Gasteiger partial charge in [-0.05, 0) is 30.5 Å². The second kappa shape index (κ2) is 6.87. The number of para-hydroxylation sites is 1. The van der Waals surface area contributed by atoms with Crippen LogP contribution in [0.1, 0.15) is 36.1 Å². The van der Waals surface area contributed by atoms with Crippen LogP contribution in [0.4, 0.5) is 5.69 Å². The zero-order valence-corrected chi connectivity index (χ0v) is 14.1. The molecule has 1 atom stereocenters. The number of hydrogen-bond acceptors (Lipinski definition) is 2. The fourth-order valence-corrected chi connectivity index (χ4v) is 3.18. The third-order valence-corrected chi connectivity index (χ3v) is 4.42. The Morgan fingerprint density at radius 3 is 2.54 bits per heavy atom. The highest BCUT2D eigenvalue weighted by Crippen LogP contribution is 2.29. The van der Waals surface area contributed by atoms with Gasteiger partial charge in [0.1, 0.15) is 0 Å². The highest BCUT2D eigenvalue weighted by atomic mass is 16.2. The van der Waals surface area contributed by atoms with Crippen LogP contribution in [0.2, 0.25) is 0 Å². The van der Waals surface area contributed by atoms with Crippen molar-refractivity contribution in [1.29, 1.82) is 0 Å². The molecule has 2 amide bonds. The Balaban J connectivity index is 1.79. The van der Waals surface area contributed by atoms with Crippen molar-refractivity contribution in [2.45, 2.75) is 32.7 Å². The molecule has 0 aliphatic carbocycles. The molecule has 0 saturated carbocycles. The molecule has 0 spiro atoms. The number of rotatable bonds is 4. The number of fused-ring (bicyclic) bond motifs is 1. The lowest BCUT2D eigenvalue weighted by atomic mass is 10.0. The van der Waals surface area contributed by atoms with Crippen molar-refractivity contribution in [2.75, 3.05) is 11.4 Å². The molecule has 4 heteroatoms. The molecular weight excluding hydrogens is 300 g/mol. The molecule has 0 bridgehead atoms. The Morgan fingerprint density at radius 2 is 1.83 bits per heavy atom. The van der Waals surface area contributed by atoms with E-state index in [-0.39, 0.29) is 24.3 Å². The molecule has 0 saturated heterocycles. The molecule has 3 rings (SSSR count). The van der Waals surface area contributed by atoms with Crippen molar-refractivity contribution in [3.8, 4) is 0 Å². The summed E-state index contributed by atoms with van der Waals surface area (Å²) in [6.07, 6.45) is 1.15. The molecule has 1 N–H and O–H groups in total. The van der Waals surface area contributed by atoms with E-state index in [1.54, 1.807) is 0 Å². The standard InChI is InChI=1S/C20H22N2O2/c1-14-7-9-16(10-8-14)18(21-15(2)23)13-20(24)22-12-11-17-5-3-4-6-19(17)22/h3-10,18H,11-13H2,1-2H3,(H,21,23)/t18-/m0/s1. The number of aryl methyl sites for hydroxylation is 1. The van der Waals surface area contributed by atoms with Gasteiger partial charge in [-0.1, -0.05) is 48.0 Å². The number of anilines is 1. The summed E-state index contributed by atoms with van der Waals surface area (Å²) in [6.45, 7) is 4.21. The molecule has 0 radical (unpaired) electrons. The van der Waals surface area contributed by atoms with E-state index < -0.39 is 0 Å². The predicted molar refractivity (Wildman–Crippen MR) is 94.9 cm³/mol. The Hall–Kier alpha value is -2.62. The van der Waals surface area contributed by atoms with Gasteiger partial charge < -0.3 is 10.2 Å². The van der Waals surface area contributed by atoms with Crippen LogP contribution in [0.5, 0.6) is 0 Å². The molecule has 4 nitrogen and oxygen atoms in total. The predicted octanol–water partition coefficient (Wildman–Crippen LogP) is 3.15. The van der Waals surface area contributed by atoms with E-state index in [0.717, 1.165) is 23.2 Å². The third kappa shape index (κ3) is 3.48. The number of amides is 2. The normalized spacial score (nSPS) is 14.2. The van der Waals surface area contributed by atoms with Gasteiger partial charge in [0, 0.05) is 19.2 Å². The summed E-state index contributed by atoms with van der Waals surface area (Å²) in [5.41, 5.74) is 4.31. The monoisotopic (exact) mass is 322 g/mol. The van der Waals surface area contributed by atoms with Crippen LogP contribution in [0.25, 0.3) is 0 Å². The Bertz CT molecular complexity index is 752. The van der Waals surface area contributed by atoms with Gasteiger partial charge in [0.05, 0.1) is 12.5 Å². The van der Waals surface area contributed by atoms with Gasteiger partial charge >= 0.3 is 0 Å². The zero-order valence-electron chi connectivity index (χ0n) is 14.1. The summed E-state index contributed by atoms with van der Waals surface area (Å²) in [5, 5.41) is 2.91. The van der Waals surface area contributed by atoms with Crippen LogP contribution < -0.4 is 10.2 Å². The van der Waals surface area contributed by atoms with E-state index in [1.807, 2.05) is 54.3 Å². The van der Waals surface area contributed by atoms with E-state index in [1.165, 1.54) is 12.5 Å². The molecule has 1 aliphatic heterocycles. The lowest BCUT2D eigenvalue weighted by Gasteiger charge is -2.23. The van der Waals surface area contributed by atoms with Gasteiger partial charge in [-0.2, -0.15) is 0 Å². The maximum Gasteiger partial charge on any atom is 0.229 e. The van der Waals surface area contributed by atoms with E-state index in [9.17, 15) is 9.59 Å². The summed E-state index contributed by atoms with van der Waals surface area (Å²) in [6, 6.07) is 15.6. The second-order valence-corrected chi connectivity index (χ2v) is 6.29. The molecule has 0 unspecified atom stereocenters. The second-order valence-electron chi connectivity index (χ2n) is 6.29.